The molecule has 0 aromatic heterocycles. The molecule has 31 heavy (non-hydrogen) atoms. The van der Waals surface area contributed by atoms with Crippen LogP contribution in [0.15, 0.2) is 58.5 Å². The summed E-state index contributed by atoms with van der Waals surface area (Å²) < 4.78 is 0. The Bertz CT molecular complexity index is 906. The molecule has 2 aromatic carbocycles. The lowest BCUT2D eigenvalue weighted by Gasteiger charge is -2.11. The molecule has 2 rings (SSSR count). The summed E-state index contributed by atoms with van der Waals surface area (Å²) in [4.78, 5) is 33.6. The molecule has 0 saturated carbocycles. The Morgan fingerprint density at radius 3 is 1.52 bits per heavy atom. The molecule has 0 bridgehead atoms. The van der Waals surface area contributed by atoms with Crippen molar-refractivity contribution >= 4 is 68.9 Å². The molecule has 2 N–H and O–H groups in total. The van der Waals surface area contributed by atoms with Gasteiger partial charge in [-0.2, -0.15) is 0 Å². The van der Waals surface area contributed by atoms with E-state index in [1.807, 2.05) is 13.8 Å². The molecule has 0 aliphatic carbocycles. The average Bonchev–Trinajstić information content (AvgIpc) is 2.74. The number of thioether (sulfide) groups is 2. The summed E-state index contributed by atoms with van der Waals surface area (Å²) in [7, 11) is 0. The maximum Gasteiger partial charge on any atom is 0.258 e. The highest BCUT2D eigenvalue weighted by Gasteiger charge is 2.15. The molecule has 2 aromatic rings. The first kappa shape index (κ1) is 25.3. The van der Waals surface area contributed by atoms with Gasteiger partial charge in [-0.1, -0.05) is 71.0 Å². The number of aliphatic imine (C=N–C) groups is 2. The third-order valence-corrected chi connectivity index (χ3v) is 6.28. The predicted octanol–water partition coefficient (Wildman–Crippen LogP) is 5.33. The van der Waals surface area contributed by atoms with Crippen LogP contribution in [0, 0.1) is 0 Å². The monoisotopic (exact) mass is 496 g/mol. The zero-order valence-electron chi connectivity index (χ0n) is 17.0. The second-order valence-corrected chi connectivity index (χ2v) is 8.94. The number of carbonyl (C=O) groups is 2. The van der Waals surface area contributed by atoms with E-state index in [1.54, 1.807) is 48.5 Å². The average molecular weight is 497 g/mol. The van der Waals surface area contributed by atoms with Crippen LogP contribution in [-0.4, -0.2) is 40.3 Å². The first-order valence-electron chi connectivity index (χ1n) is 9.42. The van der Waals surface area contributed by atoms with Crippen molar-refractivity contribution in [3.05, 3.63) is 69.7 Å². The Labute approximate surface area is 200 Å². The fraction of sp³-hybridized carbons (Fsp3) is 0.238. The highest BCUT2D eigenvalue weighted by molar-refractivity contribution is 8.29. The molecule has 0 spiro atoms. The van der Waals surface area contributed by atoms with Gasteiger partial charge in [0.25, 0.3) is 11.8 Å². The fourth-order valence-corrected chi connectivity index (χ4v) is 4.63. The molecule has 0 unspecified atom stereocenters. The molecule has 6 nitrogen and oxygen atoms in total. The lowest BCUT2D eigenvalue weighted by atomic mass is 10.2. The SMILES string of the molecule is CCN=C(NC(=O)c1ccccc1Cl)SCSC(=NCC)NC(=O)c1ccccc1Cl. The third kappa shape index (κ3) is 8.22. The topological polar surface area (TPSA) is 82.9 Å². The number of nitrogens with one attached hydrogen (secondary N) is 2. The van der Waals surface area contributed by atoms with E-state index in [-0.39, 0.29) is 11.8 Å². The van der Waals surface area contributed by atoms with Crippen molar-refractivity contribution in [3.8, 4) is 0 Å². The Hall–Kier alpha value is -2.00. The minimum Gasteiger partial charge on any atom is -0.301 e. The van der Waals surface area contributed by atoms with Gasteiger partial charge in [-0.15, -0.1) is 0 Å². The molecule has 0 radical (unpaired) electrons. The summed E-state index contributed by atoms with van der Waals surface area (Å²) in [6.45, 7) is 4.77. The van der Waals surface area contributed by atoms with Crippen LogP contribution in [0.3, 0.4) is 0 Å². The van der Waals surface area contributed by atoms with Gasteiger partial charge >= 0.3 is 0 Å². The molecule has 0 fully saturated rings. The summed E-state index contributed by atoms with van der Waals surface area (Å²) in [5.74, 6) is -0.658. The molecule has 0 heterocycles. The second-order valence-electron chi connectivity index (χ2n) is 5.83. The van der Waals surface area contributed by atoms with Crippen molar-refractivity contribution in [1.82, 2.24) is 10.6 Å². The van der Waals surface area contributed by atoms with Crippen LogP contribution in [0.1, 0.15) is 34.6 Å². The first-order chi connectivity index (χ1) is 15.0. The van der Waals surface area contributed by atoms with Crippen LogP contribution >= 0.6 is 46.7 Å². The predicted molar refractivity (Wildman–Crippen MR) is 134 cm³/mol. The molecule has 10 heteroatoms. The third-order valence-electron chi connectivity index (χ3n) is 3.67. The van der Waals surface area contributed by atoms with E-state index in [2.05, 4.69) is 20.6 Å². The van der Waals surface area contributed by atoms with E-state index in [4.69, 9.17) is 23.2 Å². The number of benzene rings is 2. The second kappa shape index (κ2) is 13.4. The van der Waals surface area contributed by atoms with E-state index < -0.39 is 0 Å². The van der Waals surface area contributed by atoms with Crippen molar-refractivity contribution in [1.29, 1.82) is 0 Å². The lowest BCUT2D eigenvalue weighted by Crippen LogP contribution is -2.30. The van der Waals surface area contributed by atoms with Gasteiger partial charge in [0.2, 0.25) is 0 Å². The van der Waals surface area contributed by atoms with Crippen LogP contribution in [0.2, 0.25) is 10.0 Å². The quantitative estimate of drug-likeness (QED) is 0.321. The summed E-state index contributed by atoms with van der Waals surface area (Å²) in [6, 6.07) is 13.6. The lowest BCUT2D eigenvalue weighted by molar-refractivity contribution is 0.0969. The molecule has 0 saturated heterocycles. The van der Waals surface area contributed by atoms with Crippen molar-refractivity contribution < 1.29 is 9.59 Å². The minimum atomic E-state index is -0.329. The molecular formula is C21H22Cl2N4O2S2. The van der Waals surface area contributed by atoms with Crippen LogP contribution < -0.4 is 10.6 Å². The van der Waals surface area contributed by atoms with E-state index in [9.17, 15) is 9.59 Å². The summed E-state index contributed by atoms with van der Waals surface area (Å²) in [5.41, 5.74) is 0.753. The van der Waals surface area contributed by atoms with Gasteiger partial charge in [-0.3, -0.25) is 19.6 Å². The number of carbonyl (C=O) groups excluding carboxylic acids is 2. The normalized spacial score (nSPS) is 11.9. The number of nitrogens with zero attached hydrogens (tertiary/aromatic N) is 2. The number of amidine groups is 2. The van der Waals surface area contributed by atoms with Gasteiger partial charge in [-0.25, -0.2) is 0 Å². The number of amides is 2. The number of rotatable bonds is 6. The summed E-state index contributed by atoms with van der Waals surface area (Å²) >= 11 is 14.9. The van der Waals surface area contributed by atoms with Crippen LogP contribution in [0.25, 0.3) is 0 Å². The molecule has 0 aliphatic rings. The highest BCUT2D eigenvalue weighted by Crippen LogP contribution is 2.19. The summed E-state index contributed by atoms with van der Waals surface area (Å²) in [6.07, 6.45) is 0. The van der Waals surface area contributed by atoms with E-state index in [1.165, 1.54) is 23.5 Å². The highest BCUT2D eigenvalue weighted by atomic mass is 35.5. The zero-order valence-corrected chi connectivity index (χ0v) is 20.2. The van der Waals surface area contributed by atoms with Crippen molar-refractivity contribution in [2.24, 2.45) is 9.98 Å². The Balaban J connectivity index is 1.96. The zero-order chi connectivity index (χ0) is 22.6. The van der Waals surface area contributed by atoms with Crippen molar-refractivity contribution in [3.63, 3.8) is 0 Å². The standard InChI is InChI=1S/C21H22Cl2N4O2S2/c1-3-24-20(26-18(28)14-9-5-7-11-16(14)22)30-13-31-21(25-4-2)27-19(29)15-10-6-8-12-17(15)23/h5-12H,3-4,13H2,1-2H3,(H,24,26,28)(H,25,27,29). The molecular weight excluding hydrogens is 475 g/mol. The Morgan fingerprint density at radius 2 is 1.16 bits per heavy atom. The van der Waals surface area contributed by atoms with E-state index in [0.717, 1.165) is 0 Å². The minimum absolute atomic E-state index is 0.329. The smallest absolute Gasteiger partial charge is 0.258 e. The van der Waals surface area contributed by atoms with Crippen LogP contribution in [0.5, 0.6) is 0 Å². The molecule has 164 valence electrons. The van der Waals surface area contributed by atoms with Gasteiger partial charge in [0.05, 0.1) is 26.3 Å². The van der Waals surface area contributed by atoms with Crippen molar-refractivity contribution in [2.75, 3.05) is 18.2 Å². The van der Waals surface area contributed by atoms with Gasteiger partial charge in [-0.05, 0) is 38.1 Å². The summed E-state index contributed by atoms with van der Waals surface area (Å²) in [5, 5.41) is 7.72. The van der Waals surface area contributed by atoms with E-state index >= 15 is 0 Å². The molecule has 0 atom stereocenters. The molecule has 2 amide bonds. The number of halogens is 2. The van der Waals surface area contributed by atoms with Gasteiger partial charge in [0.15, 0.2) is 10.3 Å². The number of hydrogen-bond acceptors (Lipinski definition) is 6. The Kier molecular flexibility index (Phi) is 10.9. The van der Waals surface area contributed by atoms with Crippen LogP contribution in [0.4, 0.5) is 0 Å². The number of hydrogen-bond donors (Lipinski definition) is 2. The maximum absolute atomic E-state index is 12.5. The Morgan fingerprint density at radius 1 is 0.774 bits per heavy atom. The van der Waals surface area contributed by atoms with Gasteiger partial charge in [0.1, 0.15) is 0 Å². The first-order valence-corrected chi connectivity index (χ1v) is 12.1. The largest absolute Gasteiger partial charge is 0.301 e. The van der Waals surface area contributed by atoms with Gasteiger partial charge in [0, 0.05) is 13.1 Å². The van der Waals surface area contributed by atoms with E-state index in [0.29, 0.717) is 49.7 Å². The van der Waals surface area contributed by atoms with Crippen LogP contribution in [-0.2, 0) is 0 Å². The van der Waals surface area contributed by atoms with Crippen molar-refractivity contribution in [2.45, 2.75) is 13.8 Å². The molecule has 0 aliphatic heterocycles. The maximum atomic E-state index is 12.5. The van der Waals surface area contributed by atoms with Gasteiger partial charge < -0.3 is 10.6 Å². The fourth-order valence-electron chi connectivity index (χ4n) is 2.29.